The molecule has 0 bridgehead atoms. The number of amides is 1. The van der Waals surface area contributed by atoms with Gasteiger partial charge in [0.15, 0.2) is 0 Å². The average molecular weight is 359 g/mol. The van der Waals surface area contributed by atoms with E-state index in [1.807, 2.05) is 41.2 Å². The molecule has 0 radical (unpaired) electrons. The van der Waals surface area contributed by atoms with Crippen molar-refractivity contribution in [1.29, 1.82) is 0 Å². The number of rotatable bonds is 6. The highest BCUT2D eigenvalue weighted by atomic mass is 16.1. The summed E-state index contributed by atoms with van der Waals surface area (Å²) in [6, 6.07) is 18.6. The van der Waals surface area contributed by atoms with Crippen LogP contribution in [0.2, 0.25) is 0 Å². The highest BCUT2D eigenvalue weighted by molar-refractivity contribution is 6.00. The molecule has 138 valence electrons. The standard InChI is InChI=1S/C23H25N3O/c1-16-8-10-20(11-9-16)22-21(23(27)24-17(2)19-12-13-19)15-26(25-22)14-18-6-4-3-5-7-18/h3-11,15,17,19H,12-14H2,1-2H3,(H,24,27). The predicted molar refractivity (Wildman–Crippen MR) is 108 cm³/mol. The molecule has 1 unspecified atom stereocenters. The Morgan fingerprint density at radius 2 is 1.85 bits per heavy atom. The summed E-state index contributed by atoms with van der Waals surface area (Å²) >= 11 is 0. The van der Waals surface area contributed by atoms with Crippen molar-refractivity contribution in [1.82, 2.24) is 15.1 Å². The van der Waals surface area contributed by atoms with Crippen LogP contribution in [0.3, 0.4) is 0 Å². The van der Waals surface area contributed by atoms with E-state index >= 15 is 0 Å². The number of nitrogens with zero attached hydrogens (tertiary/aromatic N) is 2. The van der Waals surface area contributed by atoms with E-state index in [1.54, 1.807) is 0 Å². The van der Waals surface area contributed by atoms with Gasteiger partial charge < -0.3 is 5.32 Å². The summed E-state index contributed by atoms with van der Waals surface area (Å²) in [6.07, 6.45) is 4.29. The molecule has 4 heteroatoms. The second-order valence-electron chi connectivity index (χ2n) is 7.54. The van der Waals surface area contributed by atoms with Gasteiger partial charge in [-0.2, -0.15) is 5.10 Å². The fourth-order valence-electron chi connectivity index (χ4n) is 3.36. The van der Waals surface area contributed by atoms with Gasteiger partial charge in [0.05, 0.1) is 12.1 Å². The van der Waals surface area contributed by atoms with E-state index in [2.05, 4.69) is 43.4 Å². The number of benzene rings is 2. The van der Waals surface area contributed by atoms with Gasteiger partial charge in [-0.3, -0.25) is 9.48 Å². The zero-order chi connectivity index (χ0) is 18.8. The molecule has 1 fully saturated rings. The van der Waals surface area contributed by atoms with Crippen molar-refractivity contribution in [2.75, 3.05) is 0 Å². The van der Waals surface area contributed by atoms with Crippen LogP contribution in [0.25, 0.3) is 11.3 Å². The molecule has 27 heavy (non-hydrogen) atoms. The van der Waals surface area contributed by atoms with Gasteiger partial charge in [-0.05, 0) is 38.2 Å². The highest BCUT2D eigenvalue weighted by Crippen LogP contribution is 2.32. The van der Waals surface area contributed by atoms with Crippen molar-refractivity contribution >= 4 is 5.91 Å². The molecule has 3 aromatic rings. The topological polar surface area (TPSA) is 46.9 Å². The van der Waals surface area contributed by atoms with Crippen molar-refractivity contribution in [3.05, 3.63) is 77.5 Å². The van der Waals surface area contributed by atoms with E-state index in [0.29, 0.717) is 18.0 Å². The number of carbonyl (C=O) groups excluding carboxylic acids is 1. The number of carbonyl (C=O) groups is 1. The molecule has 2 aromatic carbocycles. The van der Waals surface area contributed by atoms with Crippen LogP contribution in [-0.2, 0) is 6.54 Å². The monoisotopic (exact) mass is 359 g/mol. The zero-order valence-electron chi connectivity index (χ0n) is 15.9. The van der Waals surface area contributed by atoms with Crippen molar-refractivity contribution in [2.24, 2.45) is 5.92 Å². The first kappa shape index (κ1) is 17.5. The van der Waals surface area contributed by atoms with E-state index in [0.717, 1.165) is 16.8 Å². The molecular formula is C23H25N3O. The normalized spacial score (nSPS) is 14.7. The van der Waals surface area contributed by atoms with Crippen LogP contribution in [0.4, 0.5) is 0 Å². The molecule has 1 aliphatic carbocycles. The molecule has 1 N–H and O–H groups in total. The largest absolute Gasteiger partial charge is 0.349 e. The maximum atomic E-state index is 12.9. The van der Waals surface area contributed by atoms with Crippen LogP contribution in [0.5, 0.6) is 0 Å². The summed E-state index contributed by atoms with van der Waals surface area (Å²) in [6.45, 7) is 4.80. The fourth-order valence-corrected chi connectivity index (χ4v) is 3.36. The maximum Gasteiger partial charge on any atom is 0.255 e. The first-order valence-corrected chi connectivity index (χ1v) is 9.59. The first-order chi connectivity index (χ1) is 13.1. The molecular weight excluding hydrogens is 334 g/mol. The van der Waals surface area contributed by atoms with E-state index in [-0.39, 0.29) is 11.9 Å². The summed E-state index contributed by atoms with van der Waals surface area (Å²) in [5, 5.41) is 7.91. The Morgan fingerprint density at radius 1 is 1.15 bits per heavy atom. The summed E-state index contributed by atoms with van der Waals surface area (Å²) in [5.74, 6) is 0.584. The van der Waals surface area contributed by atoms with Gasteiger partial charge >= 0.3 is 0 Å². The predicted octanol–water partition coefficient (Wildman–Crippen LogP) is 4.44. The van der Waals surface area contributed by atoms with Crippen LogP contribution in [0.1, 0.15) is 41.3 Å². The van der Waals surface area contributed by atoms with E-state index in [1.165, 1.54) is 18.4 Å². The Morgan fingerprint density at radius 3 is 2.52 bits per heavy atom. The van der Waals surface area contributed by atoms with Crippen molar-refractivity contribution < 1.29 is 4.79 Å². The SMILES string of the molecule is Cc1ccc(-c2nn(Cc3ccccc3)cc2C(=O)NC(C)C2CC2)cc1. The van der Waals surface area contributed by atoms with Crippen molar-refractivity contribution in [3.8, 4) is 11.3 Å². The summed E-state index contributed by atoms with van der Waals surface area (Å²) in [4.78, 5) is 12.9. The van der Waals surface area contributed by atoms with Gasteiger partial charge in [0, 0.05) is 17.8 Å². The number of hydrogen-bond acceptors (Lipinski definition) is 2. The van der Waals surface area contributed by atoms with Crippen molar-refractivity contribution in [3.63, 3.8) is 0 Å². The van der Waals surface area contributed by atoms with Gasteiger partial charge in [0.25, 0.3) is 5.91 Å². The van der Waals surface area contributed by atoms with Gasteiger partial charge in [0.1, 0.15) is 5.69 Å². The molecule has 1 heterocycles. The minimum atomic E-state index is -0.0377. The molecule has 1 atom stereocenters. The molecule has 1 aromatic heterocycles. The lowest BCUT2D eigenvalue weighted by atomic mass is 10.1. The van der Waals surface area contributed by atoms with E-state index < -0.39 is 0 Å². The Hall–Kier alpha value is -2.88. The van der Waals surface area contributed by atoms with E-state index in [9.17, 15) is 4.79 Å². The zero-order valence-corrected chi connectivity index (χ0v) is 15.9. The molecule has 1 aliphatic rings. The summed E-state index contributed by atoms with van der Waals surface area (Å²) < 4.78 is 1.86. The Bertz CT molecular complexity index is 924. The molecule has 4 rings (SSSR count). The molecule has 4 nitrogen and oxygen atoms in total. The van der Waals surface area contributed by atoms with Crippen LogP contribution in [-0.4, -0.2) is 21.7 Å². The van der Waals surface area contributed by atoms with Gasteiger partial charge in [-0.15, -0.1) is 0 Å². The molecule has 0 saturated heterocycles. The maximum absolute atomic E-state index is 12.9. The lowest BCUT2D eigenvalue weighted by Gasteiger charge is -2.12. The number of nitrogens with one attached hydrogen (secondary N) is 1. The molecule has 0 spiro atoms. The highest BCUT2D eigenvalue weighted by Gasteiger charge is 2.30. The third-order valence-corrected chi connectivity index (χ3v) is 5.21. The summed E-state index contributed by atoms with van der Waals surface area (Å²) in [7, 11) is 0. The Labute approximate surface area is 160 Å². The molecule has 0 aliphatic heterocycles. The number of hydrogen-bond donors (Lipinski definition) is 1. The molecule has 1 amide bonds. The fraction of sp³-hybridized carbons (Fsp3) is 0.304. The second kappa shape index (κ2) is 7.39. The average Bonchev–Trinajstić information content (AvgIpc) is 3.44. The quantitative estimate of drug-likeness (QED) is 0.707. The second-order valence-corrected chi connectivity index (χ2v) is 7.54. The van der Waals surface area contributed by atoms with E-state index in [4.69, 9.17) is 5.10 Å². The number of aryl methyl sites for hydroxylation is 1. The minimum Gasteiger partial charge on any atom is -0.349 e. The Balaban J connectivity index is 1.66. The van der Waals surface area contributed by atoms with Crippen LogP contribution in [0.15, 0.2) is 60.8 Å². The van der Waals surface area contributed by atoms with Crippen LogP contribution in [0, 0.1) is 12.8 Å². The Kier molecular flexibility index (Phi) is 4.80. The lowest BCUT2D eigenvalue weighted by Crippen LogP contribution is -2.34. The third kappa shape index (κ3) is 4.11. The van der Waals surface area contributed by atoms with Gasteiger partial charge in [0.2, 0.25) is 0 Å². The van der Waals surface area contributed by atoms with Crippen molar-refractivity contribution in [2.45, 2.75) is 39.3 Å². The third-order valence-electron chi connectivity index (χ3n) is 5.21. The number of aromatic nitrogens is 2. The van der Waals surface area contributed by atoms with Gasteiger partial charge in [-0.1, -0.05) is 60.2 Å². The minimum absolute atomic E-state index is 0.0377. The van der Waals surface area contributed by atoms with Gasteiger partial charge in [-0.25, -0.2) is 0 Å². The van der Waals surface area contributed by atoms with Crippen LogP contribution >= 0.6 is 0 Å². The lowest BCUT2D eigenvalue weighted by molar-refractivity contribution is 0.0936. The van der Waals surface area contributed by atoms with Crippen LogP contribution < -0.4 is 5.32 Å². The first-order valence-electron chi connectivity index (χ1n) is 9.59. The molecule has 1 saturated carbocycles. The smallest absolute Gasteiger partial charge is 0.255 e. The summed E-state index contributed by atoms with van der Waals surface area (Å²) in [5.41, 5.74) is 4.70.